The van der Waals surface area contributed by atoms with Gasteiger partial charge in [0.25, 0.3) is 0 Å². The van der Waals surface area contributed by atoms with Crippen molar-refractivity contribution in [2.75, 3.05) is 18.1 Å². The molecule has 3 amide bonds. The Hall–Kier alpha value is -1.82. The van der Waals surface area contributed by atoms with Gasteiger partial charge in [0.2, 0.25) is 5.91 Å². The number of carbonyl (C=O) groups is 2. The number of urea groups is 1. The van der Waals surface area contributed by atoms with Gasteiger partial charge in [-0.25, -0.2) is 4.79 Å². The van der Waals surface area contributed by atoms with E-state index in [1.807, 2.05) is 32.0 Å². The number of para-hydroxylation sites is 1. The van der Waals surface area contributed by atoms with Gasteiger partial charge in [-0.1, -0.05) is 30.0 Å². The van der Waals surface area contributed by atoms with E-state index in [9.17, 15) is 9.59 Å². The van der Waals surface area contributed by atoms with Crippen LogP contribution in [0.4, 0.5) is 10.5 Å². The van der Waals surface area contributed by atoms with Crippen molar-refractivity contribution in [3.05, 3.63) is 29.3 Å². The maximum absolute atomic E-state index is 11.9. The zero-order chi connectivity index (χ0) is 14.0. The summed E-state index contributed by atoms with van der Waals surface area (Å²) < 4.78 is 0. The Morgan fingerprint density at radius 2 is 2.00 bits per heavy atom. The van der Waals surface area contributed by atoms with Crippen molar-refractivity contribution in [3.8, 4) is 0 Å². The molecule has 19 heavy (non-hydrogen) atoms. The Kier molecular flexibility index (Phi) is 3.90. The summed E-state index contributed by atoms with van der Waals surface area (Å²) in [6.07, 6.45) is 0. The largest absolute Gasteiger partial charge is 0.347 e. The summed E-state index contributed by atoms with van der Waals surface area (Å²) in [4.78, 5) is 28.5. The predicted octanol–water partition coefficient (Wildman–Crippen LogP) is 2.40. The zero-order valence-corrected chi connectivity index (χ0v) is 11.9. The second-order valence-electron chi connectivity index (χ2n) is 4.33. The highest BCUT2D eigenvalue weighted by Gasteiger charge is 2.25. The maximum atomic E-state index is 11.9. The molecule has 1 heterocycles. The number of anilines is 1. The third-order valence-corrected chi connectivity index (χ3v) is 3.91. The summed E-state index contributed by atoms with van der Waals surface area (Å²) in [5.74, 6) is 0.301. The lowest BCUT2D eigenvalue weighted by atomic mass is 10.1. The Morgan fingerprint density at radius 3 is 2.53 bits per heavy atom. The first-order chi connectivity index (χ1) is 8.99. The van der Waals surface area contributed by atoms with Crippen molar-refractivity contribution in [1.29, 1.82) is 0 Å². The average molecular weight is 277 g/mol. The SMILES string of the molecule is Cc1cccc(C)c1NC(=O)/N=C1/SCC(=O)N1C. The van der Waals surface area contributed by atoms with E-state index in [1.54, 1.807) is 7.05 Å². The summed E-state index contributed by atoms with van der Waals surface area (Å²) >= 11 is 1.27. The van der Waals surface area contributed by atoms with E-state index < -0.39 is 6.03 Å². The molecule has 1 aliphatic rings. The fraction of sp³-hybridized carbons (Fsp3) is 0.308. The molecule has 0 atom stereocenters. The molecule has 0 aliphatic carbocycles. The summed E-state index contributed by atoms with van der Waals surface area (Å²) in [5.41, 5.74) is 2.74. The van der Waals surface area contributed by atoms with E-state index in [1.165, 1.54) is 16.7 Å². The topological polar surface area (TPSA) is 61.8 Å². The van der Waals surface area contributed by atoms with Crippen LogP contribution in [0.1, 0.15) is 11.1 Å². The van der Waals surface area contributed by atoms with E-state index in [0.29, 0.717) is 10.9 Å². The molecular weight excluding hydrogens is 262 g/mol. The summed E-state index contributed by atoms with van der Waals surface area (Å²) in [5, 5.41) is 3.20. The number of hydrogen-bond donors (Lipinski definition) is 1. The lowest BCUT2D eigenvalue weighted by Crippen LogP contribution is -2.25. The molecule has 1 saturated heterocycles. The van der Waals surface area contributed by atoms with Gasteiger partial charge in [-0.2, -0.15) is 4.99 Å². The Balaban J connectivity index is 2.14. The second-order valence-corrected chi connectivity index (χ2v) is 5.28. The average Bonchev–Trinajstić information content (AvgIpc) is 2.66. The minimum absolute atomic E-state index is 0.0383. The first-order valence-corrected chi connectivity index (χ1v) is 6.83. The quantitative estimate of drug-likeness (QED) is 0.857. The molecule has 6 heteroatoms. The van der Waals surface area contributed by atoms with Crippen molar-refractivity contribution in [2.45, 2.75) is 13.8 Å². The molecule has 0 bridgehead atoms. The van der Waals surface area contributed by atoms with Gasteiger partial charge in [0.1, 0.15) is 0 Å². The minimum atomic E-state index is -0.457. The van der Waals surface area contributed by atoms with E-state index >= 15 is 0 Å². The predicted molar refractivity (Wildman–Crippen MR) is 77.6 cm³/mol. The van der Waals surface area contributed by atoms with Crippen LogP contribution in [0, 0.1) is 13.8 Å². The summed E-state index contributed by atoms with van der Waals surface area (Å²) in [6, 6.07) is 5.33. The second kappa shape index (κ2) is 5.44. The highest BCUT2D eigenvalue weighted by atomic mass is 32.2. The molecule has 1 N–H and O–H groups in total. The normalized spacial score (nSPS) is 17.1. The van der Waals surface area contributed by atoms with Crippen LogP contribution in [-0.4, -0.2) is 34.8 Å². The molecule has 0 unspecified atom stereocenters. The van der Waals surface area contributed by atoms with Crippen LogP contribution in [0.2, 0.25) is 0 Å². The van der Waals surface area contributed by atoms with Crippen LogP contribution >= 0.6 is 11.8 Å². The van der Waals surface area contributed by atoms with E-state index in [4.69, 9.17) is 0 Å². The molecule has 0 aromatic heterocycles. The van der Waals surface area contributed by atoms with Crippen LogP contribution in [0.3, 0.4) is 0 Å². The zero-order valence-electron chi connectivity index (χ0n) is 11.1. The molecule has 1 aliphatic heterocycles. The number of amides is 3. The van der Waals surface area contributed by atoms with E-state index in [0.717, 1.165) is 16.8 Å². The van der Waals surface area contributed by atoms with Crippen LogP contribution in [0.5, 0.6) is 0 Å². The number of nitrogens with zero attached hydrogens (tertiary/aromatic N) is 2. The van der Waals surface area contributed by atoms with Crippen molar-refractivity contribution in [3.63, 3.8) is 0 Å². The first kappa shape index (κ1) is 13.6. The number of nitrogens with one attached hydrogen (secondary N) is 1. The highest BCUT2D eigenvalue weighted by Crippen LogP contribution is 2.21. The first-order valence-electron chi connectivity index (χ1n) is 5.84. The Labute approximate surface area is 116 Å². The molecule has 0 saturated carbocycles. The van der Waals surface area contributed by atoms with Gasteiger partial charge >= 0.3 is 6.03 Å². The van der Waals surface area contributed by atoms with E-state index in [-0.39, 0.29) is 5.91 Å². The number of thioether (sulfide) groups is 1. The third-order valence-electron chi connectivity index (χ3n) is 2.90. The molecule has 1 fully saturated rings. The number of aryl methyl sites for hydroxylation is 2. The lowest BCUT2D eigenvalue weighted by Gasteiger charge is -2.11. The lowest BCUT2D eigenvalue weighted by molar-refractivity contribution is -0.123. The number of carbonyl (C=O) groups excluding carboxylic acids is 2. The fourth-order valence-corrected chi connectivity index (χ4v) is 2.66. The van der Waals surface area contributed by atoms with Gasteiger partial charge in [0.05, 0.1) is 5.75 Å². The monoisotopic (exact) mass is 277 g/mol. The van der Waals surface area contributed by atoms with Gasteiger partial charge < -0.3 is 5.32 Å². The number of amidine groups is 1. The van der Waals surface area contributed by atoms with Crippen molar-refractivity contribution in [1.82, 2.24) is 4.90 Å². The number of benzene rings is 1. The van der Waals surface area contributed by atoms with Gasteiger partial charge in [0.15, 0.2) is 5.17 Å². The molecule has 2 rings (SSSR count). The van der Waals surface area contributed by atoms with E-state index in [2.05, 4.69) is 10.3 Å². The fourth-order valence-electron chi connectivity index (χ4n) is 1.77. The number of hydrogen-bond acceptors (Lipinski definition) is 3. The van der Waals surface area contributed by atoms with Crippen LogP contribution < -0.4 is 5.32 Å². The van der Waals surface area contributed by atoms with Crippen LogP contribution in [0.25, 0.3) is 0 Å². The molecular formula is C13H15N3O2S. The Morgan fingerprint density at radius 1 is 1.37 bits per heavy atom. The smallest absolute Gasteiger partial charge is 0.305 e. The Bertz CT molecular complexity index is 549. The van der Waals surface area contributed by atoms with Crippen LogP contribution in [-0.2, 0) is 4.79 Å². The van der Waals surface area contributed by atoms with Gasteiger partial charge in [-0.3, -0.25) is 9.69 Å². The van der Waals surface area contributed by atoms with Crippen molar-refractivity contribution in [2.24, 2.45) is 4.99 Å². The molecule has 1 aromatic rings. The molecule has 0 spiro atoms. The maximum Gasteiger partial charge on any atom is 0.347 e. The summed E-state index contributed by atoms with van der Waals surface area (Å²) in [7, 11) is 1.62. The molecule has 5 nitrogen and oxygen atoms in total. The highest BCUT2D eigenvalue weighted by molar-refractivity contribution is 8.15. The summed E-state index contributed by atoms with van der Waals surface area (Å²) in [6.45, 7) is 3.85. The standard InChI is InChI=1S/C13H15N3O2S/c1-8-5-4-6-9(2)11(8)14-12(18)15-13-16(3)10(17)7-19-13/h4-6H,7H2,1-3H3,(H,14,18)/b15-13+. The van der Waals surface area contributed by atoms with Gasteiger partial charge in [0, 0.05) is 12.7 Å². The number of rotatable bonds is 1. The molecule has 0 radical (unpaired) electrons. The minimum Gasteiger partial charge on any atom is -0.305 e. The van der Waals surface area contributed by atoms with Crippen LogP contribution in [0.15, 0.2) is 23.2 Å². The van der Waals surface area contributed by atoms with Gasteiger partial charge in [-0.05, 0) is 25.0 Å². The third kappa shape index (κ3) is 2.96. The molecule has 100 valence electrons. The van der Waals surface area contributed by atoms with Crippen molar-refractivity contribution < 1.29 is 9.59 Å². The van der Waals surface area contributed by atoms with Gasteiger partial charge in [-0.15, -0.1) is 0 Å². The molecule has 1 aromatic carbocycles. The number of aliphatic imine (C=N–C) groups is 1. The van der Waals surface area contributed by atoms with Crippen molar-refractivity contribution >= 4 is 34.6 Å².